The number of nitrogens with zero attached hydrogens (tertiary/aromatic N) is 3. The summed E-state index contributed by atoms with van der Waals surface area (Å²) in [5.41, 5.74) is 3.54. The zero-order valence-corrected chi connectivity index (χ0v) is 21.4. The average Bonchev–Trinajstić information content (AvgIpc) is 3.36. The van der Waals surface area contributed by atoms with Crippen molar-refractivity contribution in [3.05, 3.63) is 71.3 Å². The first-order valence-corrected chi connectivity index (χ1v) is 12.8. The molecule has 2 aromatic carbocycles. The Hall–Kier alpha value is -2.90. The van der Waals surface area contributed by atoms with Gasteiger partial charge in [0.1, 0.15) is 15.8 Å². The predicted octanol–water partition coefficient (Wildman–Crippen LogP) is 6.58. The van der Waals surface area contributed by atoms with Crippen molar-refractivity contribution in [3.8, 4) is 22.7 Å². The Labute approximate surface area is 210 Å². The van der Waals surface area contributed by atoms with E-state index >= 15 is 0 Å². The van der Waals surface area contributed by atoms with Gasteiger partial charge in [-0.05, 0) is 42.7 Å². The van der Waals surface area contributed by atoms with Gasteiger partial charge in [-0.15, -0.1) is 0 Å². The molecule has 5 nitrogen and oxygen atoms in total. The Bertz CT molecular complexity index is 1200. The Balaban J connectivity index is 1.73. The van der Waals surface area contributed by atoms with E-state index in [4.69, 9.17) is 22.1 Å². The van der Waals surface area contributed by atoms with Crippen molar-refractivity contribution in [3.63, 3.8) is 0 Å². The standard InChI is InChI=1S/C27H29N3O2S2/c1-4-5-14-32-23-13-9-10-20(15-23)25-21(18-30(28-25)22-11-7-6-8-12-22)16-24-26(31)29(17-19(2)3)27(33)34-24/h6-13,15-16,18-19H,4-5,14,17H2,1-3H3. The highest BCUT2D eigenvalue weighted by Crippen LogP contribution is 2.35. The molecule has 0 saturated carbocycles. The van der Waals surface area contributed by atoms with Crippen molar-refractivity contribution >= 4 is 40.3 Å². The van der Waals surface area contributed by atoms with Gasteiger partial charge in [-0.25, -0.2) is 4.68 Å². The maximum Gasteiger partial charge on any atom is 0.266 e. The van der Waals surface area contributed by atoms with Crippen LogP contribution in [0, 0.1) is 5.92 Å². The zero-order chi connectivity index (χ0) is 24.1. The molecule has 1 aliphatic heterocycles. The molecule has 1 aliphatic rings. The molecule has 176 valence electrons. The number of unbranched alkanes of at least 4 members (excludes halogenated alkanes) is 1. The van der Waals surface area contributed by atoms with Gasteiger partial charge in [0.15, 0.2) is 0 Å². The van der Waals surface area contributed by atoms with Crippen molar-refractivity contribution in [2.24, 2.45) is 5.92 Å². The molecule has 1 saturated heterocycles. The third-order valence-electron chi connectivity index (χ3n) is 5.35. The second-order valence-electron chi connectivity index (χ2n) is 8.63. The van der Waals surface area contributed by atoms with Crippen molar-refractivity contribution in [1.82, 2.24) is 14.7 Å². The summed E-state index contributed by atoms with van der Waals surface area (Å²) in [6.07, 6.45) is 5.97. The van der Waals surface area contributed by atoms with Gasteiger partial charge in [-0.3, -0.25) is 9.69 Å². The van der Waals surface area contributed by atoms with E-state index < -0.39 is 0 Å². The van der Waals surface area contributed by atoms with E-state index in [0.29, 0.717) is 28.3 Å². The molecule has 7 heteroatoms. The highest BCUT2D eigenvalue weighted by molar-refractivity contribution is 8.26. The maximum absolute atomic E-state index is 13.1. The smallest absolute Gasteiger partial charge is 0.266 e. The lowest BCUT2D eigenvalue weighted by atomic mass is 10.1. The Morgan fingerprint density at radius 3 is 2.68 bits per heavy atom. The molecule has 0 N–H and O–H groups in total. The minimum Gasteiger partial charge on any atom is -0.494 e. The van der Waals surface area contributed by atoms with Gasteiger partial charge in [-0.1, -0.05) is 81.5 Å². The fraction of sp³-hybridized carbons (Fsp3) is 0.296. The van der Waals surface area contributed by atoms with Crippen LogP contribution in [0.5, 0.6) is 5.75 Å². The summed E-state index contributed by atoms with van der Waals surface area (Å²) in [4.78, 5) is 15.4. The normalized spacial score (nSPS) is 15.1. The van der Waals surface area contributed by atoms with Crippen LogP contribution in [-0.2, 0) is 4.79 Å². The van der Waals surface area contributed by atoms with E-state index in [1.807, 2.05) is 71.6 Å². The SMILES string of the molecule is CCCCOc1cccc(-c2nn(-c3ccccc3)cc2C=C2SC(=S)N(CC(C)C)C2=O)c1. The molecule has 1 fully saturated rings. The van der Waals surface area contributed by atoms with E-state index in [2.05, 4.69) is 20.8 Å². The lowest BCUT2D eigenvalue weighted by Crippen LogP contribution is -2.31. The van der Waals surface area contributed by atoms with Crippen LogP contribution >= 0.6 is 24.0 Å². The number of para-hydroxylation sites is 1. The molecule has 0 aliphatic carbocycles. The van der Waals surface area contributed by atoms with Crippen LogP contribution in [0.3, 0.4) is 0 Å². The Morgan fingerprint density at radius 1 is 1.15 bits per heavy atom. The lowest BCUT2D eigenvalue weighted by molar-refractivity contribution is -0.122. The molecule has 2 heterocycles. The molecular weight excluding hydrogens is 462 g/mol. The fourth-order valence-electron chi connectivity index (χ4n) is 3.66. The summed E-state index contributed by atoms with van der Waals surface area (Å²) < 4.78 is 8.38. The second-order valence-corrected chi connectivity index (χ2v) is 10.3. The van der Waals surface area contributed by atoms with Crippen molar-refractivity contribution < 1.29 is 9.53 Å². The third kappa shape index (κ3) is 5.59. The fourth-order valence-corrected chi connectivity index (χ4v) is 4.93. The molecule has 0 radical (unpaired) electrons. The zero-order valence-electron chi connectivity index (χ0n) is 19.7. The number of carbonyl (C=O) groups excluding carboxylic acids is 1. The average molecular weight is 492 g/mol. The largest absolute Gasteiger partial charge is 0.494 e. The van der Waals surface area contributed by atoms with Crippen molar-refractivity contribution in [2.45, 2.75) is 33.6 Å². The van der Waals surface area contributed by atoms with Gasteiger partial charge in [0, 0.05) is 23.9 Å². The van der Waals surface area contributed by atoms with E-state index in [-0.39, 0.29) is 5.91 Å². The minimum absolute atomic E-state index is 0.0428. The highest BCUT2D eigenvalue weighted by atomic mass is 32.2. The van der Waals surface area contributed by atoms with Gasteiger partial charge in [0.05, 0.1) is 17.2 Å². The topological polar surface area (TPSA) is 47.4 Å². The number of benzene rings is 2. The number of ether oxygens (including phenoxy) is 1. The predicted molar refractivity (Wildman–Crippen MR) is 144 cm³/mol. The van der Waals surface area contributed by atoms with E-state index in [0.717, 1.165) is 41.1 Å². The van der Waals surface area contributed by atoms with Gasteiger partial charge < -0.3 is 4.74 Å². The number of thiocarbonyl (C=S) groups is 1. The lowest BCUT2D eigenvalue weighted by Gasteiger charge is -2.16. The molecule has 0 bridgehead atoms. The number of amides is 1. The van der Waals surface area contributed by atoms with Crippen LogP contribution in [0.1, 0.15) is 39.2 Å². The van der Waals surface area contributed by atoms with Gasteiger partial charge >= 0.3 is 0 Å². The molecular formula is C27H29N3O2S2. The van der Waals surface area contributed by atoms with Crippen molar-refractivity contribution in [1.29, 1.82) is 0 Å². The first-order chi connectivity index (χ1) is 16.5. The van der Waals surface area contributed by atoms with E-state index in [9.17, 15) is 4.79 Å². The first-order valence-electron chi connectivity index (χ1n) is 11.6. The highest BCUT2D eigenvalue weighted by Gasteiger charge is 2.32. The first kappa shape index (κ1) is 24.2. The van der Waals surface area contributed by atoms with Crippen LogP contribution < -0.4 is 4.74 Å². The van der Waals surface area contributed by atoms with Crippen molar-refractivity contribution in [2.75, 3.05) is 13.2 Å². The van der Waals surface area contributed by atoms with Crippen LogP contribution in [-0.4, -0.2) is 38.1 Å². The van der Waals surface area contributed by atoms with Crippen LogP contribution in [0.2, 0.25) is 0 Å². The maximum atomic E-state index is 13.1. The van der Waals surface area contributed by atoms with E-state index in [1.54, 1.807) is 4.90 Å². The monoisotopic (exact) mass is 491 g/mol. The molecule has 0 atom stereocenters. The van der Waals surface area contributed by atoms with Crippen LogP contribution in [0.15, 0.2) is 65.7 Å². The van der Waals surface area contributed by atoms with Crippen LogP contribution in [0.25, 0.3) is 23.0 Å². The summed E-state index contributed by atoms with van der Waals surface area (Å²) in [7, 11) is 0. The van der Waals surface area contributed by atoms with E-state index in [1.165, 1.54) is 11.8 Å². The number of hydrogen-bond donors (Lipinski definition) is 0. The summed E-state index contributed by atoms with van der Waals surface area (Å²) in [5.74, 6) is 1.11. The van der Waals surface area contributed by atoms with Gasteiger partial charge in [0.25, 0.3) is 5.91 Å². The molecule has 1 amide bonds. The molecule has 0 unspecified atom stereocenters. The van der Waals surface area contributed by atoms with Gasteiger partial charge in [-0.2, -0.15) is 5.10 Å². The second kappa shape index (κ2) is 11.0. The summed E-state index contributed by atoms with van der Waals surface area (Å²) in [6.45, 7) is 7.62. The molecule has 3 aromatic rings. The minimum atomic E-state index is -0.0428. The summed E-state index contributed by atoms with van der Waals surface area (Å²) in [6, 6.07) is 17.9. The Morgan fingerprint density at radius 2 is 1.94 bits per heavy atom. The Kier molecular flexibility index (Phi) is 7.85. The molecule has 0 spiro atoms. The molecule has 4 rings (SSSR count). The number of hydrogen-bond acceptors (Lipinski definition) is 5. The van der Waals surface area contributed by atoms with Crippen LogP contribution in [0.4, 0.5) is 0 Å². The third-order valence-corrected chi connectivity index (χ3v) is 6.72. The number of aromatic nitrogens is 2. The summed E-state index contributed by atoms with van der Waals surface area (Å²) >= 11 is 6.85. The molecule has 1 aromatic heterocycles. The quantitative estimate of drug-likeness (QED) is 0.192. The number of carbonyl (C=O) groups is 1. The van der Waals surface area contributed by atoms with Gasteiger partial charge in [0.2, 0.25) is 0 Å². The summed E-state index contributed by atoms with van der Waals surface area (Å²) in [5, 5.41) is 4.89. The molecule has 34 heavy (non-hydrogen) atoms. The number of thioether (sulfide) groups is 1. The number of rotatable bonds is 9.